The van der Waals surface area contributed by atoms with Crippen molar-refractivity contribution in [3.05, 3.63) is 54.1 Å². The van der Waals surface area contributed by atoms with Gasteiger partial charge in [0, 0.05) is 49.7 Å². The van der Waals surface area contributed by atoms with Crippen LogP contribution in [0.3, 0.4) is 0 Å². The number of aliphatic carboxylic acids is 1. The molecule has 2 N–H and O–H groups in total. The molecule has 6 nitrogen and oxygen atoms in total. The summed E-state index contributed by atoms with van der Waals surface area (Å²) in [6.07, 6.45) is -0.175. The Balaban J connectivity index is 1.51. The van der Waals surface area contributed by atoms with Gasteiger partial charge in [-0.3, -0.25) is 9.59 Å². The predicted molar refractivity (Wildman–Crippen MR) is 117 cm³/mol. The number of hydrogen-bond donors (Lipinski definition) is 2. The average molecular weight is 396 g/mol. The van der Waals surface area contributed by atoms with E-state index in [9.17, 15) is 9.59 Å². The van der Waals surface area contributed by atoms with Crippen LogP contribution in [-0.4, -0.2) is 43.2 Å². The number of piperazine rings is 1. The molecule has 3 rings (SSSR count). The number of nitrogens with zero attached hydrogens (tertiary/aromatic N) is 2. The monoisotopic (exact) mass is 395 g/mol. The number of carbonyl (C=O) groups excluding carboxylic acids is 1. The SMILES string of the molecule is CC(C)c1ccc(N2CCN(c3ccc(NC(=O)CCC(=O)O)cc3)CC2)cc1. The van der Waals surface area contributed by atoms with Crippen molar-refractivity contribution in [2.24, 2.45) is 0 Å². The van der Waals surface area contributed by atoms with E-state index in [1.807, 2.05) is 24.3 Å². The first-order valence-electron chi connectivity index (χ1n) is 10.1. The standard InChI is InChI=1S/C23H29N3O3/c1-17(2)18-3-7-20(8-4-18)25-13-15-26(16-14-25)21-9-5-19(6-10-21)24-22(27)11-12-23(28)29/h3-10,17H,11-16H2,1-2H3,(H,24,27)(H,28,29). The molecular weight excluding hydrogens is 366 g/mol. The van der Waals surface area contributed by atoms with E-state index in [1.165, 1.54) is 11.3 Å². The van der Waals surface area contributed by atoms with E-state index < -0.39 is 5.97 Å². The number of amides is 1. The first-order valence-corrected chi connectivity index (χ1v) is 10.1. The molecule has 0 saturated carbocycles. The molecule has 1 aliphatic rings. The summed E-state index contributed by atoms with van der Waals surface area (Å²) in [5, 5.41) is 11.4. The summed E-state index contributed by atoms with van der Waals surface area (Å²) in [4.78, 5) is 27.0. The number of rotatable bonds is 7. The number of benzene rings is 2. The first-order chi connectivity index (χ1) is 13.9. The maximum atomic E-state index is 11.7. The summed E-state index contributed by atoms with van der Waals surface area (Å²) < 4.78 is 0. The molecule has 1 heterocycles. The minimum absolute atomic E-state index is 0.0167. The van der Waals surface area contributed by atoms with Gasteiger partial charge in [-0.05, 0) is 47.9 Å². The molecule has 0 spiro atoms. The van der Waals surface area contributed by atoms with Gasteiger partial charge in [0.15, 0.2) is 0 Å². The Hall–Kier alpha value is -3.02. The molecule has 0 bridgehead atoms. The molecular formula is C23H29N3O3. The molecule has 2 aromatic carbocycles. The molecule has 154 valence electrons. The Morgan fingerprint density at radius 1 is 0.862 bits per heavy atom. The van der Waals surface area contributed by atoms with Crippen molar-refractivity contribution in [2.75, 3.05) is 41.3 Å². The largest absolute Gasteiger partial charge is 0.481 e. The van der Waals surface area contributed by atoms with Crippen LogP contribution in [0.25, 0.3) is 0 Å². The van der Waals surface area contributed by atoms with E-state index in [0.717, 1.165) is 31.9 Å². The van der Waals surface area contributed by atoms with Crippen molar-refractivity contribution in [2.45, 2.75) is 32.6 Å². The smallest absolute Gasteiger partial charge is 0.303 e. The van der Waals surface area contributed by atoms with E-state index in [2.05, 4.69) is 53.2 Å². The molecule has 6 heteroatoms. The van der Waals surface area contributed by atoms with Gasteiger partial charge in [0.25, 0.3) is 0 Å². The Morgan fingerprint density at radius 2 is 1.34 bits per heavy atom. The van der Waals surface area contributed by atoms with Crippen LogP contribution in [0.2, 0.25) is 0 Å². The second-order valence-electron chi connectivity index (χ2n) is 7.71. The summed E-state index contributed by atoms with van der Waals surface area (Å²) in [5.41, 5.74) is 4.45. The van der Waals surface area contributed by atoms with Crippen molar-refractivity contribution in [3.63, 3.8) is 0 Å². The summed E-state index contributed by atoms with van der Waals surface area (Å²) in [5.74, 6) is -0.700. The van der Waals surface area contributed by atoms with Crippen LogP contribution in [0, 0.1) is 0 Å². The third-order valence-corrected chi connectivity index (χ3v) is 5.29. The fourth-order valence-electron chi connectivity index (χ4n) is 3.49. The molecule has 1 fully saturated rings. The van der Waals surface area contributed by atoms with Crippen molar-refractivity contribution in [1.82, 2.24) is 0 Å². The molecule has 0 aromatic heterocycles. The zero-order chi connectivity index (χ0) is 20.8. The van der Waals surface area contributed by atoms with Crippen LogP contribution in [0.4, 0.5) is 17.1 Å². The van der Waals surface area contributed by atoms with E-state index in [0.29, 0.717) is 11.6 Å². The number of carboxylic acid groups (broad SMARTS) is 1. The summed E-state index contributed by atoms with van der Waals surface area (Å²) in [7, 11) is 0. The van der Waals surface area contributed by atoms with Gasteiger partial charge in [-0.25, -0.2) is 0 Å². The maximum absolute atomic E-state index is 11.7. The fraction of sp³-hybridized carbons (Fsp3) is 0.391. The van der Waals surface area contributed by atoms with Crippen LogP contribution in [-0.2, 0) is 9.59 Å². The van der Waals surface area contributed by atoms with Crippen LogP contribution in [0.5, 0.6) is 0 Å². The summed E-state index contributed by atoms with van der Waals surface area (Å²) in [6.45, 7) is 8.23. The van der Waals surface area contributed by atoms with Gasteiger partial charge in [0.1, 0.15) is 0 Å². The molecule has 1 saturated heterocycles. The molecule has 1 amide bonds. The molecule has 1 aliphatic heterocycles. The van der Waals surface area contributed by atoms with Gasteiger partial charge in [-0.15, -0.1) is 0 Å². The van der Waals surface area contributed by atoms with Gasteiger partial charge in [0.2, 0.25) is 5.91 Å². The molecule has 0 atom stereocenters. The molecule has 0 aliphatic carbocycles. The maximum Gasteiger partial charge on any atom is 0.303 e. The Bertz CT molecular complexity index is 823. The minimum atomic E-state index is -0.967. The topological polar surface area (TPSA) is 72.9 Å². The lowest BCUT2D eigenvalue weighted by molar-refractivity contribution is -0.138. The van der Waals surface area contributed by atoms with Crippen LogP contribution in [0.15, 0.2) is 48.5 Å². The van der Waals surface area contributed by atoms with Gasteiger partial charge in [-0.2, -0.15) is 0 Å². The molecule has 0 radical (unpaired) electrons. The van der Waals surface area contributed by atoms with Gasteiger partial charge < -0.3 is 20.2 Å². The number of hydrogen-bond acceptors (Lipinski definition) is 4. The third-order valence-electron chi connectivity index (χ3n) is 5.29. The number of carboxylic acids is 1. The second kappa shape index (κ2) is 9.45. The van der Waals surface area contributed by atoms with Gasteiger partial charge >= 0.3 is 5.97 Å². The average Bonchev–Trinajstić information content (AvgIpc) is 2.73. The number of nitrogens with one attached hydrogen (secondary N) is 1. The van der Waals surface area contributed by atoms with Gasteiger partial charge in [0.05, 0.1) is 6.42 Å². The first kappa shape index (κ1) is 20.7. The normalized spacial score (nSPS) is 14.2. The number of carbonyl (C=O) groups is 2. The fourth-order valence-corrected chi connectivity index (χ4v) is 3.49. The van der Waals surface area contributed by atoms with Crippen molar-refractivity contribution in [1.29, 1.82) is 0 Å². The molecule has 29 heavy (non-hydrogen) atoms. The van der Waals surface area contributed by atoms with Crippen molar-refractivity contribution >= 4 is 28.9 Å². The summed E-state index contributed by atoms with van der Waals surface area (Å²) in [6, 6.07) is 16.6. The van der Waals surface area contributed by atoms with E-state index in [1.54, 1.807) is 0 Å². The zero-order valence-electron chi connectivity index (χ0n) is 17.1. The van der Waals surface area contributed by atoms with E-state index in [4.69, 9.17) is 5.11 Å². The lowest BCUT2D eigenvalue weighted by Gasteiger charge is -2.37. The second-order valence-corrected chi connectivity index (χ2v) is 7.71. The minimum Gasteiger partial charge on any atom is -0.481 e. The Labute approximate surface area is 172 Å². The van der Waals surface area contributed by atoms with Crippen LogP contribution >= 0.6 is 0 Å². The van der Waals surface area contributed by atoms with Crippen LogP contribution in [0.1, 0.15) is 38.2 Å². The lowest BCUT2D eigenvalue weighted by atomic mass is 10.0. The number of anilines is 3. The Kier molecular flexibility index (Phi) is 6.75. The van der Waals surface area contributed by atoms with Crippen LogP contribution < -0.4 is 15.1 Å². The van der Waals surface area contributed by atoms with Crippen molar-refractivity contribution in [3.8, 4) is 0 Å². The van der Waals surface area contributed by atoms with Gasteiger partial charge in [-0.1, -0.05) is 26.0 Å². The zero-order valence-corrected chi connectivity index (χ0v) is 17.1. The highest BCUT2D eigenvalue weighted by Crippen LogP contribution is 2.24. The van der Waals surface area contributed by atoms with E-state index >= 15 is 0 Å². The highest BCUT2D eigenvalue weighted by molar-refractivity contribution is 5.92. The van der Waals surface area contributed by atoms with E-state index in [-0.39, 0.29) is 18.7 Å². The lowest BCUT2D eigenvalue weighted by Crippen LogP contribution is -2.46. The third kappa shape index (κ3) is 5.73. The predicted octanol–water partition coefficient (Wildman–Crippen LogP) is 3.94. The summed E-state index contributed by atoms with van der Waals surface area (Å²) >= 11 is 0. The molecule has 0 unspecified atom stereocenters. The Morgan fingerprint density at radius 3 is 1.79 bits per heavy atom. The van der Waals surface area contributed by atoms with Crippen molar-refractivity contribution < 1.29 is 14.7 Å². The quantitative estimate of drug-likeness (QED) is 0.743. The highest BCUT2D eigenvalue weighted by Gasteiger charge is 2.18. The highest BCUT2D eigenvalue weighted by atomic mass is 16.4. The molecule has 2 aromatic rings.